The van der Waals surface area contributed by atoms with Crippen LogP contribution in [0, 0.1) is 0 Å². The second kappa shape index (κ2) is 4.81. The number of hydrogen-bond acceptors (Lipinski definition) is 2. The van der Waals surface area contributed by atoms with Gasteiger partial charge in [0.1, 0.15) is 11.9 Å². The molecule has 1 fully saturated rings. The van der Waals surface area contributed by atoms with Gasteiger partial charge in [0.2, 0.25) is 0 Å². The molecular formula is C11H12ClNOS. The van der Waals surface area contributed by atoms with Crippen LogP contribution < -0.4 is 4.74 Å². The molecule has 1 heterocycles. The van der Waals surface area contributed by atoms with Crippen LogP contribution in [0.15, 0.2) is 30.3 Å². The van der Waals surface area contributed by atoms with Gasteiger partial charge in [0.25, 0.3) is 0 Å². The van der Waals surface area contributed by atoms with Crippen LogP contribution in [-0.2, 0) is 0 Å². The van der Waals surface area contributed by atoms with Crippen LogP contribution in [0.25, 0.3) is 0 Å². The van der Waals surface area contributed by atoms with Crippen molar-refractivity contribution in [2.24, 2.45) is 0 Å². The normalized spacial score (nSPS) is 20.3. The lowest BCUT2D eigenvalue weighted by molar-refractivity contribution is 0.215. The van der Waals surface area contributed by atoms with E-state index in [2.05, 4.69) is 0 Å². The third-order valence-corrected chi connectivity index (χ3v) is 2.94. The second-order valence-corrected chi connectivity index (χ2v) is 4.51. The van der Waals surface area contributed by atoms with Gasteiger partial charge in [0.05, 0.1) is 6.54 Å². The molecule has 1 aromatic carbocycles. The molecular weight excluding hydrogens is 230 g/mol. The van der Waals surface area contributed by atoms with E-state index in [1.54, 1.807) is 0 Å². The first-order valence-corrected chi connectivity index (χ1v) is 5.70. The van der Waals surface area contributed by atoms with Crippen molar-refractivity contribution in [1.29, 1.82) is 0 Å². The molecule has 1 atom stereocenters. The fraction of sp³-hybridized carbons (Fsp3) is 0.364. The lowest BCUT2D eigenvalue weighted by Crippen LogP contribution is -2.26. The maximum atomic E-state index is 5.80. The third-order valence-electron chi connectivity index (χ3n) is 2.44. The van der Waals surface area contributed by atoms with E-state index in [4.69, 9.17) is 28.6 Å². The van der Waals surface area contributed by atoms with Gasteiger partial charge in [0, 0.05) is 13.0 Å². The molecule has 2 rings (SSSR count). The number of para-hydroxylation sites is 1. The van der Waals surface area contributed by atoms with Crippen LogP contribution in [0.1, 0.15) is 6.42 Å². The van der Waals surface area contributed by atoms with E-state index >= 15 is 0 Å². The summed E-state index contributed by atoms with van der Waals surface area (Å²) in [6, 6.07) is 9.83. The minimum Gasteiger partial charge on any atom is -0.489 e. The summed E-state index contributed by atoms with van der Waals surface area (Å²) in [5.74, 6) is 0.907. The van der Waals surface area contributed by atoms with Crippen molar-refractivity contribution < 1.29 is 4.74 Å². The van der Waals surface area contributed by atoms with Crippen molar-refractivity contribution in [3.63, 3.8) is 0 Å². The number of halogens is 1. The van der Waals surface area contributed by atoms with Gasteiger partial charge < -0.3 is 9.64 Å². The van der Waals surface area contributed by atoms with E-state index < -0.39 is 0 Å². The molecule has 1 aromatic rings. The lowest BCUT2D eigenvalue weighted by atomic mass is 10.3. The molecule has 0 amide bonds. The van der Waals surface area contributed by atoms with E-state index in [1.165, 1.54) is 0 Å². The summed E-state index contributed by atoms with van der Waals surface area (Å²) in [6.45, 7) is 1.68. The Morgan fingerprint density at radius 2 is 2.13 bits per heavy atom. The number of benzene rings is 1. The molecule has 1 unspecified atom stereocenters. The average Bonchev–Trinajstić information content (AvgIpc) is 2.68. The molecule has 4 heteroatoms. The fourth-order valence-corrected chi connectivity index (χ4v) is 1.99. The molecule has 0 radical (unpaired) electrons. The number of likely N-dealkylation sites (tertiary alicyclic amines) is 1. The largest absolute Gasteiger partial charge is 0.489 e. The van der Waals surface area contributed by atoms with Crippen molar-refractivity contribution >= 4 is 28.3 Å². The topological polar surface area (TPSA) is 12.5 Å². The molecule has 1 aliphatic heterocycles. The Labute approximate surface area is 99.8 Å². The Bertz CT molecular complexity index is 344. The first kappa shape index (κ1) is 10.7. The molecule has 2 nitrogen and oxygen atoms in total. The number of thiocarbonyl (C=S) groups is 1. The summed E-state index contributed by atoms with van der Waals surface area (Å²) in [5, 5.41) is 0. The lowest BCUT2D eigenvalue weighted by Gasteiger charge is -2.15. The van der Waals surface area contributed by atoms with Crippen molar-refractivity contribution in [2.45, 2.75) is 12.5 Å². The van der Waals surface area contributed by atoms with Crippen molar-refractivity contribution in [1.82, 2.24) is 4.90 Å². The van der Waals surface area contributed by atoms with Crippen LogP contribution >= 0.6 is 23.8 Å². The molecule has 0 spiro atoms. The van der Waals surface area contributed by atoms with Gasteiger partial charge in [-0.15, -0.1) is 0 Å². The Hall–Kier alpha value is -0.800. The van der Waals surface area contributed by atoms with Crippen LogP contribution in [0.5, 0.6) is 5.75 Å². The molecule has 0 saturated carbocycles. The molecule has 0 bridgehead atoms. The number of hydrogen-bond donors (Lipinski definition) is 0. The Balaban J connectivity index is 1.90. The summed E-state index contributed by atoms with van der Waals surface area (Å²) in [4.78, 5) is 1.96. The molecule has 15 heavy (non-hydrogen) atoms. The highest BCUT2D eigenvalue weighted by Crippen LogP contribution is 2.18. The van der Waals surface area contributed by atoms with Gasteiger partial charge in [-0.05, 0) is 24.4 Å². The zero-order valence-corrected chi connectivity index (χ0v) is 9.80. The first-order valence-electron chi connectivity index (χ1n) is 4.92. The number of ether oxygens (including phenoxy) is 1. The molecule has 0 aromatic heterocycles. The third kappa shape index (κ3) is 2.83. The monoisotopic (exact) mass is 241 g/mol. The van der Waals surface area contributed by atoms with Gasteiger partial charge >= 0.3 is 0 Å². The summed E-state index contributed by atoms with van der Waals surface area (Å²) in [7, 11) is 0. The average molecular weight is 242 g/mol. The number of rotatable bonds is 2. The Morgan fingerprint density at radius 3 is 2.73 bits per heavy atom. The van der Waals surface area contributed by atoms with Gasteiger partial charge in [-0.1, -0.05) is 29.8 Å². The summed E-state index contributed by atoms with van der Waals surface area (Å²) in [5.41, 5.74) is 0. The van der Waals surface area contributed by atoms with Gasteiger partial charge in [-0.25, -0.2) is 0 Å². The Morgan fingerprint density at radius 1 is 1.40 bits per heavy atom. The van der Waals surface area contributed by atoms with Gasteiger partial charge in [-0.3, -0.25) is 0 Å². The SMILES string of the molecule is S=C(Cl)N1CCC(Oc2ccccc2)C1. The zero-order valence-electron chi connectivity index (χ0n) is 8.23. The van der Waals surface area contributed by atoms with E-state index in [9.17, 15) is 0 Å². The minimum absolute atomic E-state index is 0.198. The van der Waals surface area contributed by atoms with E-state index in [-0.39, 0.29) is 6.10 Å². The Kier molecular flexibility index (Phi) is 3.44. The smallest absolute Gasteiger partial charge is 0.170 e. The maximum Gasteiger partial charge on any atom is 0.170 e. The molecule has 0 aliphatic carbocycles. The van der Waals surface area contributed by atoms with E-state index in [1.807, 2.05) is 35.2 Å². The van der Waals surface area contributed by atoms with Gasteiger partial charge in [0.15, 0.2) is 4.45 Å². The van der Waals surface area contributed by atoms with Gasteiger partial charge in [-0.2, -0.15) is 0 Å². The second-order valence-electron chi connectivity index (χ2n) is 3.54. The summed E-state index contributed by atoms with van der Waals surface area (Å²) in [6.07, 6.45) is 1.17. The minimum atomic E-state index is 0.198. The van der Waals surface area contributed by atoms with Crippen molar-refractivity contribution in [3.8, 4) is 5.75 Å². The van der Waals surface area contributed by atoms with E-state index in [0.29, 0.717) is 4.45 Å². The van der Waals surface area contributed by atoms with Crippen molar-refractivity contribution in [3.05, 3.63) is 30.3 Å². The molecule has 1 aliphatic rings. The van der Waals surface area contributed by atoms with Crippen LogP contribution in [0.2, 0.25) is 0 Å². The zero-order chi connectivity index (χ0) is 10.7. The quantitative estimate of drug-likeness (QED) is 0.449. The first-order chi connectivity index (χ1) is 7.25. The standard InChI is InChI=1S/C11H12ClNOS/c12-11(15)13-7-6-10(8-13)14-9-4-2-1-3-5-9/h1-5,10H,6-8H2. The highest BCUT2D eigenvalue weighted by molar-refractivity contribution is 7.83. The predicted octanol–water partition coefficient (Wildman–Crippen LogP) is 2.66. The van der Waals surface area contributed by atoms with Crippen LogP contribution in [-0.4, -0.2) is 28.5 Å². The molecule has 1 saturated heterocycles. The van der Waals surface area contributed by atoms with E-state index in [0.717, 1.165) is 25.3 Å². The van der Waals surface area contributed by atoms with Crippen LogP contribution in [0.4, 0.5) is 0 Å². The fourth-order valence-electron chi connectivity index (χ4n) is 1.68. The number of nitrogens with zero attached hydrogens (tertiary/aromatic N) is 1. The summed E-state index contributed by atoms with van der Waals surface area (Å²) >= 11 is 10.7. The summed E-state index contributed by atoms with van der Waals surface area (Å²) < 4.78 is 6.23. The van der Waals surface area contributed by atoms with Crippen molar-refractivity contribution in [2.75, 3.05) is 13.1 Å². The molecule has 80 valence electrons. The highest BCUT2D eigenvalue weighted by atomic mass is 35.5. The maximum absolute atomic E-state index is 5.80. The predicted molar refractivity (Wildman–Crippen MR) is 65.5 cm³/mol. The molecule has 0 N–H and O–H groups in total. The highest BCUT2D eigenvalue weighted by Gasteiger charge is 2.24. The van der Waals surface area contributed by atoms with Crippen LogP contribution in [0.3, 0.4) is 0 Å².